The molecular weight excluding hydrogens is 498 g/mol. The summed E-state index contributed by atoms with van der Waals surface area (Å²) in [6.07, 6.45) is 1.15. The van der Waals surface area contributed by atoms with Gasteiger partial charge in [0.2, 0.25) is 5.91 Å². The Hall–Kier alpha value is -4.17. The second-order valence-electron chi connectivity index (χ2n) is 8.74. The molecular formula is C30H31N3O4S. The Labute approximate surface area is 228 Å². The molecule has 3 rings (SSSR count). The van der Waals surface area contributed by atoms with Crippen molar-refractivity contribution in [3.8, 4) is 0 Å². The summed E-state index contributed by atoms with van der Waals surface area (Å²) in [7, 11) is 0. The Bertz CT molecular complexity index is 1190. The summed E-state index contributed by atoms with van der Waals surface area (Å²) < 4.78 is 0. The van der Waals surface area contributed by atoms with Crippen LogP contribution in [0.15, 0.2) is 91.0 Å². The van der Waals surface area contributed by atoms with Gasteiger partial charge in [0.1, 0.15) is 0 Å². The highest BCUT2D eigenvalue weighted by atomic mass is 32.1. The number of carbonyl (C=O) groups excluding carboxylic acids is 4. The maximum atomic E-state index is 13.3. The van der Waals surface area contributed by atoms with Crippen LogP contribution in [0.25, 0.3) is 0 Å². The van der Waals surface area contributed by atoms with Crippen molar-refractivity contribution >= 4 is 40.7 Å². The normalized spacial score (nSPS) is 10.5. The average Bonchev–Trinajstić information content (AvgIpc) is 2.92. The van der Waals surface area contributed by atoms with Crippen LogP contribution >= 0.6 is 12.2 Å². The largest absolute Gasteiger partial charge is 0.353 e. The van der Waals surface area contributed by atoms with Crippen LogP contribution < -0.4 is 10.6 Å². The number of rotatable bonds is 12. The number of hydrogen-bond acceptors (Lipinski definition) is 5. The first-order chi connectivity index (χ1) is 18.4. The summed E-state index contributed by atoms with van der Waals surface area (Å²) >= 11 is 5.34. The molecule has 0 aliphatic carbocycles. The van der Waals surface area contributed by atoms with Crippen LogP contribution in [-0.4, -0.2) is 52.5 Å². The van der Waals surface area contributed by atoms with Crippen LogP contribution in [0.5, 0.6) is 0 Å². The Morgan fingerprint density at radius 2 is 1.08 bits per heavy atom. The number of imide groups is 1. The van der Waals surface area contributed by atoms with E-state index in [4.69, 9.17) is 12.2 Å². The van der Waals surface area contributed by atoms with Gasteiger partial charge in [-0.25, -0.2) is 0 Å². The zero-order chi connectivity index (χ0) is 27.3. The summed E-state index contributed by atoms with van der Waals surface area (Å²) in [4.78, 5) is 53.2. The minimum atomic E-state index is -1.69. The average molecular weight is 530 g/mol. The van der Waals surface area contributed by atoms with Crippen molar-refractivity contribution in [3.05, 3.63) is 108 Å². The molecule has 0 spiro atoms. The van der Waals surface area contributed by atoms with Gasteiger partial charge in [-0.2, -0.15) is 0 Å². The molecule has 4 amide bonds. The molecule has 0 atom stereocenters. The van der Waals surface area contributed by atoms with Gasteiger partial charge in [0.15, 0.2) is 6.04 Å². The fraction of sp³-hybridized carbons (Fsp3) is 0.233. The summed E-state index contributed by atoms with van der Waals surface area (Å²) in [5.41, 5.74) is 2.78. The zero-order valence-corrected chi connectivity index (χ0v) is 22.1. The molecule has 3 aromatic carbocycles. The van der Waals surface area contributed by atoms with Gasteiger partial charge in [0.25, 0.3) is 17.7 Å². The van der Waals surface area contributed by atoms with E-state index in [1.54, 1.807) is 0 Å². The molecule has 0 aromatic heterocycles. The van der Waals surface area contributed by atoms with Gasteiger partial charge in [-0.15, -0.1) is 0 Å². The number of nitrogens with one attached hydrogen (secondary N) is 2. The van der Waals surface area contributed by atoms with Crippen LogP contribution in [-0.2, 0) is 38.4 Å². The lowest BCUT2D eigenvalue weighted by molar-refractivity contribution is -0.152. The third kappa shape index (κ3) is 8.45. The first kappa shape index (κ1) is 28.4. The van der Waals surface area contributed by atoms with Crippen molar-refractivity contribution in [1.82, 2.24) is 15.5 Å². The van der Waals surface area contributed by atoms with Crippen molar-refractivity contribution in [2.24, 2.45) is 0 Å². The standard InChI is InChI=1S/C30H31N3O4S/c1-22(34)33(30(37)26(38)21-25-15-9-4-10-16-25)27(28(35)31-19-17-23-11-5-2-6-12-23)29(36)32-20-18-24-13-7-3-8-14-24/h2-16,27H,17-21H2,1H3,(H,31,35)(H,32,36). The van der Waals surface area contributed by atoms with Gasteiger partial charge < -0.3 is 10.6 Å². The highest BCUT2D eigenvalue weighted by Crippen LogP contribution is 2.10. The first-order valence-corrected chi connectivity index (χ1v) is 12.8. The lowest BCUT2D eigenvalue weighted by atomic mass is 10.1. The van der Waals surface area contributed by atoms with Crippen LogP contribution in [0.1, 0.15) is 23.6 Å². The summed E-state index contributed by atoms with van der Waals surface area (Å²) in [5, 5.41) is 5.42. The highest BCUT2D eigenvalue weighted by Gasteiger charge is 2.39. The Balaban J connectivity index is 1.76. The van der Waals surface area contributed by atoms with E-state index in [-0.39, 0.29) is 24.4 Å². The summed E-state index contributed by atoms with van der Waals surface area (Å²) in [6.45, 7) is 1.60. The Morgan fingerprint density at radius 3 is 1.47 bits per heavy atom. The number of amides is 4. The maximum absolute atomic E-state index is 13.3. The van der Waals surface area contributed by atoms with Crippen molar-refractivity contribution in [3.63, 3.8) is 0 Å². The lowest BCUT2D eigenvalue weighted by Crippen LogP contribution is -2.60. The lowest BCUT2D eigenvalue weighted by Gasteiger charge is -2.28. The van der Waals surface area contributed by atoms with E-state index < -0.39 is 29.7 Å². The molecule has 0 saturated carbocycles. The summed E-state index contributed by atoms with van der Waals surface area (Å²) in [5.74, 6) is -3.07. The minimum absolute atomic E-state index is 0.0643. The van der Waals surface area contributed by atoms with Crippen LogP contribution in [0, 0.1) is 0 Å². The van der Waals surface area contributed by atoms with Crippen molar-refractivity contribution in [2.75, 3.05) is 13.1 Å². The van der Waals surface area contributed by atoms with E-state index in [2.05, 4.69) is 10.6 Å². The van der Waals surface area contributed by atoms with E-state index in [0.29, 0.717) is 17.7 Å². The molecule has 0 saturated heterocycles. The van der Waals surface area contributed by atoms with E-state index in [1.807, 2.05) is 91.0 Å². The predicted octanol–water partition coefficient (Wildman–Crippen LogP) is 3.06. The van der Waals surface area contributed by atoms with Gasteiger partial charge in [0.05, 0.1) is 4.86 Å². The van der Waals surface area contributed by atoms with E-state index in [0.717, 1.165) is 23.6 Å². The predicted molar refractivity (Wildman–Crippen MR) is 150 cm³/mol. The molecule has 38 heavy (non-hydrogen) atoms. The van der Waals surface area contributed by atoms with Crippen LogP contribution in [0.3, 0.4) is 0 Å². The maximum Gasteiger partial charge on any atom is 0.268 e. The van der Waals surface area contributed by atoms with Gasteiger partial charge in [-0.05, 0) is 29.5 Å². The molecule has 8 heteroatoms. The molecule has 0 aliphatic heterocycles. The molecule has 0 radical (unpaired) electrons. The fourth-order valence-electron chi connectivity index (χ4n) is 3.93. The van der Waals surface area contributed by atoms with Gasteiger partial charge in [0, 0.05) is 26.4 Å². The van der Waals surface area contributed by atoms with Gasteiger partial charge in [-0.3, -0.25) is 24.1 Å². The molecule has 0 bridgehead atoms. The molecule has 7 nitrogen and oxygen atoms in total. The second-order valence-corrected chi connectivity index (χ2v) is 9.23. The first-order valence-electron chi connectivity index (χ1n) is 12.4. The Kier molecular flexibility index (Phi) is 10.9. The SMILES string of the molecule is CC(=O)N(C(=O)C(=S)Cc1ccccc1)C(C(=O)NCCc1ccccc1)C(=O)NCCc1ccccc1. The molecule has 0 unspecified atom stereocenters. The summed E-state index contributed by atoms with van der Waals surface area (Å²) in [6, 6.07) is 26.4. The zero-order valence-electron chi connectivity index (χ0n) is 21.3. The van der Waals surface area contributed by atoms with E-state index >= 15 is 0 Å². The van der Waals surface area contributed by atoms with Crippen molar-refractivity contribution in [1.29, 1.82) is 0 Å². The molecule has 0 aliphatic rings. The van der Waals surface area contributed by atoms with Crippen molar-refractivity contribution in [2.45, 2.75) is 32.2 Å². The number of benzene rings is 3. The topological polar surface area (TPSA) is 95.6 Å². The monoisotopic (exact) mass is 529 g/mol. The van der Waals surface area contributed by atoms with E-state index in [9.17, 15) is 19.2 Å². The third-order valence-corrected chi connectivity index (χ3v) is 6.19. The Morgan fingerprint density at radius 1 is 0.684 bits per heavy atom. The van der Waals surface area contributed by atoms with Crippen LogP contribution in [0.4, 0.5) is 0 Å². The smallest absolute Gasteiger partial charge is 0.268 e. The number of thiocarbonyl (C=S) groups is 1. The number of carbonyl (C=O) groups is 4. The number of hydrogen-bond donors (Lipinski definition) is 2. The van der Waals surface area contributed by atoms with E-state index in [1.165, 1.54) is 0 Å². The second kappa shape index (κ2) is 14.5. The molecule has 0 fully saturated rings. The molecule has 0 heterocycles. The van der Waals surface area contributed by atoms with Crippen LogP contribution in [0.2, 0.25) is 0 Å². The van der Waals surface area contributed by atoms with Gasteiger partial charge in [-0.1, -0.05) is 103 Å². The highest BCUT2D eigenvalue weighted by molar-refractivity contribution is 7.82. The minimum Gasteiger partial charge on any atom is -0.353 e. The van der Waals surface area contributed by atoms with Gasteiger partial charge >= 0.3 is 0 Å². The van der Waals surface area contributed by atoms with Crippen molar-refractivity contribution < 1.29 is 19.2 Å². The number of nitrogens with zero attached hydrogens (tertiary/aromatic N) is 1. The molecule has 3 aromatic rings. The quantitative estimate of drug-likeness (QED) is 0.278. The molecule has 2 N–H and O–H groups in total. The third-order valence-electron chi connectivity index (χ3n) is 5.87. The fourth-order valence-corrected chi connectivity index (χ4v) is 4.19. The molecule has 196 valence electrons.